The minimum absolute atomic E-state index is 0.106. The Kier molecular flexibility index (Phi) is 12.1. The van der Waals surface area contributed by atoms with Gasteiger partial charge < -0.3 is 24.4 Å². The Morgan fingerprint density at radius 3 is 2.62 bits per heavy atom. The Bertz CT molecular complexity index is 335. The summed E-state index contributed by atoms with van der Waals surface area (Å²) in [5.41, 5.74) is 5.49. The summed E-state index contributed by atoms with van der Waals surface area (Å²) in [5.74, 6) is 0.177. The van der Waals surface area contributed by atoms with Gasteiger partial charge >= 0.3 is 0 Å². The molecule has 0 saturated carbocycles. The summed E-state index contributed by atoms with van der Waals surface area (Å²) in [4.78, 5) is 15.5. The number of hydrogen-bond donors (Lipinski definition) is 1. The molecule has 0 spiro atoms. The maximum absolute atomic E-state index is 10.2. The molecule has 2 N–H and O–H groups in total. The van der Waals surface area contributed by atoms with Gasteiger partial charge in [0.1, 0.15) is 5.84 Å². The highest BCUT2D eigenvalue weighted by Gasteiger charge is 2.11. The van der Waals surface area contributed by atoms with Gasteiger partial charge in [0, 0.05) is 40.2 Å². The Morgan fingerprint density at radius 2 is 2.10 bits per heavy atom. The van der Waals surface area contributed by atoms with E-state index in [9.17, 15) is 4.79 Å². The monoisotopic (exact) mass is 319 g/mol. The molecular formula is C13H26N3O4P. The number of carbonyl (C=O) groups excluding carboxylic acids is 1. The summed E-state index contributed by atoms with van der Waals surface area (Å²) < 4.78 is 16.2. The highest BCUT2D eigenvalue weighted by atomic mass is 31.2. The summed E-state index contributed by atoms with van der Waals surface area (Å²) >= 11 is 0. The number of nitrogens with two attached hydrogens (primary N) is 1. The first-order chi connectivity index (χ1) is 10.1. The summed E-state index contributed by atoms with van der Waals surface area (Å²) in [6.07, 6.45) is 5.52. The molecule has 0 saturated heterocycles. The Hall–Kier alpha value is -1.01. The van der Waals surface area contributed by atoms with E-state index in [-0.39, 0.29) is 11.9 Å². The lowest BCUT2D eigenvalue weighted by atomic mass is 10.2. The first-order valence-electron chi connectivity index (χ1n) is 6.70. The van der Waals surface area contributed by atoms with Gasteiger partial charge in [-0.05, 0) is 12.5 Å². The van der Waals surface area contributed by atoms with Crippen LogP contribution in [0, 0.1) is 0 Å². The maximum atomic E-state index is 10.2. The van der Waals surface area contributed by atoms with Crippen molar-refractivity contribution >= 4 is 20.6 Å². The number of amidine groups is 1. The second-order valence-electron chi connectivity index (χ2n) is 4.24. The topological polar surface area (TPSA) is 86.4 Å². The van der Waals surface area contributed by atoms with Crippen LogP contribution in [0.5, 0.6) is 0 Å². The van der Waals surface area contributed by atoms with Crippen LogP contribution in [-0.2, 0) is 18.6 Å². The van der Waals surface area contributed by atoms with Crippen LogP contribution < -0.4 is 5.73 Å². The number of amides is 1. The van der Waals surface area contributed by atoms with E-state index in [4.69, 9.17) is 19.5 Å². The lowest BCUT2D eigenvalue weighted by Gasteiger charge is -2.23. The van der Waals surface area contributed by atoms with E-state index in [0.717, 1.165) is 19.1 Å². The molecule has 8 heteroatoms. The van der Waals surface area contributed by atoms with E-state index in [1.165, 1.54) is 0 Å². The largest absolute Gasteiger partial charge is 0.384 e. The average molecular weight is 319 g/mol. The van der Waals surface area contributed by atoms with Gasteiger partial charge in [-0.1, -0.05) is 6.92 Å². The van der Waals surface area contributed by atoms with Gasteiger partial charge in [-0.3, -0.25) is 4.79 Å². The average Bonchev–Trinajstić information content (AvgIpc) is 2.48. The zero-order chi connectivity index (χ0) is 16.1. The molecule has 1 atom stereocenters. The molecule has 0 unspecified atom stereocenters. The second-order valence-corrected chi connectivity index (χ2v) is 6.08. The van der Waals surface area contributed by atoms with Gasteiger partial charge in [-0.15, -0.1) is 0 Å². The molecule has 0 radical (unpaired) electrons. The van der Waals surface area contributed by atoms with Crippen LogP contribution in [0.4, 0.5) is 0 Å². The van der Waals surface area contributed by atoms with E-state index in [0.29, 0.717) is 13.0 Å². The SMILES string of the molecule is CC[C@H](CN(C)/C=C\C(N)=NC=O)OCCP(OC)OC. The van der Waals surface area contributed by atoms with Gasteiger partial charge in [0.15, 0.2) is 8.38 Å². The Morgan fingerprint density at radius 1 is 1.43 bits per heavy atom. The predicted octanol–water partition coefficient (Wildman–Crippen LogP) is 1.35. The van der Waals surface area contributed by atoms with Crippen molar-refractivity contribution in [2.24, 2.45) is 10.7 Å². The molecule has 0 aromatic carbocycles. The van der Waals surface area contributed by atoms with E-state index in [2.05, 4.69) is 11.9 Å². The molecule has 0 rings (SSSR count). The van der Waals surface area contributed by atoms with Crippen LogP contribution in [0.25, 0.3) is 0 Å². The first kappa shape index (κ1) is 20.0. The van der Waals surface area contributed by atoms with Crippen LogP contribution >= 0.6 is 8.38 Å². The summed E-state index contributed by atoms with van der Waals surface area (Å²) in [7, 11) is 4.33. The minimum atomic E-state index is -0.850. The normalized spacial score (nSPS) is 13.9. The smallest absolute Gasteiger partial charge is 0.234 e. The van der Waals surface area contributed by atoms with Crippen molar-refractivity contribution in [1.82, 2.24) is 4.90 Å². The molecule has 0 fully saturated rings. The van der Waals surface area contributed by atoms with Crippen LogP contribution in [0.2, 0.25) is 0 Å². The standard InChI is InChI=1S/C13H26N3O4P/c1-5-12(20-8-9-21(18-3)19-4)10-16(2)7-6-13(14)15-11-17/h6-7,11-12H,5,8-10H2,1-4H3,(H2,14,15,17)/b7-6-/t12-/m1/s1. The van der Waals surface area contributed by atoms with Crippen molar-refractivity contribution in [2.45, 2.75) is 19.4 Å². The zero-order valence-electron chi connectivity index (χ0n) is 13.2. The van der Waals surface area contributed by atoms with Crippen molar-refractivity contribution < 1.29 is 18.6 Å². The molecule has 21 heavy (non-hydrogen) atoms. The molecular weight excluding hydrogens is 293 g/mol. The van der Waals surface area contributed by atoms with E-state index in [1.54, 1.807) is 26.5 Å². The van der Waals surface area contributed by atoms with Gasteiger partial charge in [-0.25, -0.2) is 0 Å². The number of aliphatic imine (C=N–C) groups is 1. The lowest BCUT2D eigenvalue weighted by molar-refractivity contribution is -0.106. The van der Waals surface area contributed by atoms with Gasteiger partial charge in [0.05, 0.1) is 12.7 Å². The fourth-order valence-electron chi connectivity index (χ4n) is 1.54. The van der Waals surface area contributed by atoms with Gasteiger partial charge in [-0.2, -0.15) is 4.99 Å². The first-order valence-corrected chi connectivity index (χ1v) is 8.06. The molecule has 1 amide bonds. The number of ether oxygens (including phenoxy) is 1. The fourth-order valence-corrected chi connectivity index (χ4v) is 2.31. The van der Waals surface area contributed by atoms with Crippen LogP contribution in [0.15, 0.2) is 17.3 Å². The predicted molar refractivity (Wildman–Crippen MR) is 85.3 cm³/mol. The quantitative estimate of drug-likeness (QED) is 0.253. The highest BCUT2D eigenvalue weighted by Crippen LogP contribution is 2.35. The molecule has 0 aromatic rings. The highest BCUT2D eigenvalue weighted by molar-refractivity contribution is 7.47. The Labute approximate surface area is 128 Å². The van der Waals surface area contributed by atoms with Crippen LogP contribution in [-0.4, -0.2) is 63.8 Å². The zero-order valence-corrected chi connectivity index (χ0v) is 14.1. The molecule has 7 nitrogen and oxygen atoms in total. The summed E-state index contributed by atoms with van der Waals surface area (Å²) in [5, 5.41) is 0. The van der Waals surface area contributed by atoms with Crippen molar-refractivity contribution in [3.05, 3.63) is 12.3 Å². The number of likely N-dealkylation sites (N-methyl/N-ethyl adjacent to an activating group) is 1. The van der Waals surface area contributed by atoms with E-state index < -0.39 is 8.38 Å². The van der Waals surface area contributed by atoms with E-state index in [1.807, 2.05) is 11.9 Å². The van der Waals surface area contributed by atoms with Crippen molar-refractivity contribution in [2.75, 3.05) is 40.6 Å². The van der Waals surface area contributed by atoms with Crippen LogP contribution in [0.1, 0.15) is 13.3 Å². The summed E-state index contributed by atoms with van der Waals surface area (Å²) in [6, 6.07) is 0. The summed E-state index contributed by atoms with van der Waals surface area (Å²) in [6.45, 7) is 3.39. The number of nitrogens with zero attached hydrogens (tertiary/aromatic N) is 2. The molecule has 0 aliphatic rings. The lowest BCUT2D eigenvalue weighted by Crippen LogP contribution is -2.28. The fraction of sp³-hybridized carbons (Fsp3) is 0.692. The molecule has 0 aliphatic heterocycles. The third-order valence-corrected chi connectivity index (χ3v) is 4.05. The minimum Gasteiger partial charge on any atom is -0.384 e. The Balaban J connectivity index is 4.12. The third kappa shape index (κ3) is 10.4. The molecule has 0 aromatic heterocycles. The molecule has 0 heterocycles. The van der Waals surface area contributed by atoms with Gasteiger partial charge in [0.25, 0.3) is 0 Å². The van der Waals surface area contributed by atoms with Crippen molar-refractivity contribution in [3.63, 3.8) is 0 Å². The molecule has 0 bridgehead atoms. The third-order valence-electron chi connectivity index (χ3n) is 2.68. The molecule has 122 valence electrons. The second kappa shape index (κ2) is 12.7. The number of hydrogen-bond acceptors (Lipinski definition) is 5. The van der Waals surface area contributed by atoms with Crippen molar-refractivity contribution in [3.8, 4) is 0 Å². The van der Waals surface area contributed by atoms with E-state index >= 15 is 0 Å². The molecule has 0 aliphatic carbocycles. The van der Waals surface area contributed by atoms with Crippen molar-refractivity contribution in [1.29, 1.82) is 0 Å². The number of rotatable bonds is 12. The number of carbonyl (C=O) groups is 1. The maximum Gasteiger partial charge on any atom is 0.234 e. The van der Waals surface area contributed by atoms with Crippen LogP contribution in [0.3, 0.4) is 0 Å². The van der Waals surface area contributed by atoms with Gasteiger partial charge in [0.2, 0.25) is 6.41 Å².